The van der Waals surface area contributed by atoms with E-state index < -0.39 is 12.0 Å². The second-order valence-corrected chi connectivity index (χ2v) is 6.17. The molecule has 8 nitrogen and oxygen atoms in total. The first-order valence-corrected chi connectivity index (χ1v) is 8.86. The van der Waals surface area contributed by atoms with Crippen LogP contribution >= 0.6 is 11.8 Å². The summed E-state index contributed by atoms with van der Waals surface area (Å²) < 4.78 is 6.77. The molecule has 2 aromatic rings. The summed E-state index contributed by atoms with van der Waals surface area (Å²) in [6.45, 7) is 3.73. The molecular weight excluding hydrogens is 344 g/mol. The number of phenolic OH excluding ortho intramolecular Hbond substituents is 2. The second-order valence-electron chi connectivity index (χ2n) is 5.40. The Kier molecular flexibility index (Phi) is 4.58. The Bertz CT molecular complexity index is 862. The molecule has 3 N–H and O–H groups in total. The highest BCUT2D eigenvalue weighted by Crippen LogP contribution is 2.38. The van der Waals surface area contributed by atoms with Gasteiger partial charge in [-0.15, -0.1) is 5.10 Å². The lowest BCUT2D eigenvalue weighted by atomic mass is 9.95. The van der Waals surface area contributed by atoms with Gasteiger partial charge in [0, 0.05) is 5.70 Å². The van der Waals surface area contributed by atoms with Gasteiger partial charge in [0.05, 0.1) is 12.2 Å². The third-order valence-electron chi connectivity index (χ3n) is 3.83. The van der Waals surface area contributed by atoms with E-state index in [-0.39, 0.29) is 18.1 Å². The number of carbonyl (C=O) groups is 1. The monoisotopic (exact) mass is 362 g/mol. The Balaban J connectivity index is 2.18. The summed E-state index contributed by atoms with van der Waals surface area (Å²) in [4.78, 5) is 16.9. The van der Waals surface area contributed by atoms with E-state index in [0.717, 1.165) is 0 Å². The summed E-state index contributed by atoms with van der Waals surface area (Å²) in [6.07, 6.45) is 1.86. The molecule has 0 fully saturated rings. The minimum Gasteiger partial charge on any atom is -0.504 e. The number of thioether (sulfide) groups is 1. The molecule has 0 spiro atoms. The van der Waals surface area contributed by atoms with E-state index in [1.165, 1.54) is 23.9 Å². The molecule has 0 saturated carbocycles. The molecule has 0 aliphatic carbocycles. The summed E-state index contributed by atoms with van der Waals surface area (Å²) in [5.41, 5.74) is 1.55. The van der Waals surface area contributed by atoms with Gasteiger partial charge in [0.15, 0.2) is 11.5 Å². The van der Waals surface area contributed by atoms with Crippen LogP contribution in [0.3, 0.4) is 0 Å². The maximum Gasteiger partial charge on any atom is 0.338 e. The first-order valence-electron chi connectivity index (χ1n) is 7.63. The largest absolute Gasteiger partial charge is 0.504 e. The van der Waals surface area contributed by atoms with Gasteiger partial charge >= 0.3 is 5.97 Å². The highest BCUT2D eigenvalue weighted by atomic mass is 32.2. The first-order chi connectivity index (χ1) is 12.0. The van der Waals surface area contributed by atoms with Crippen molar-refractivity contribution < 1.29 is 19.7 Å². The maximum absolute atomic E-state index is 12.5. The van der Waals surface area contributed by atoms with E-state index in [2.05, 4.69) is 15.4 Å². The van der Waals surface area contributed by atoms with Crippen molar-refractivity contribution in [2.45, 2.75) is 25.0 Å². The van der Waals surface area contributed by atoms with Crippen LogP contribution in [0.25, 0.3) is 0 Å². The van der Waals surface area contributed by atoms with Crippen LogP contribution in [0.15, 0.2) is 34.6 Å². The standard InChI is InChI=1S/C16H18N4O4S/c1-4-24-14(23)12-8(2)17-15-18-16(25-3)19-20(15)13(12)9-5-6-10(21)11(22)7-9/h5-7,13,21-22H,4H2,1-3H3,(H,17,18,19)/t13-/m1/s1. The predicted octanol–water partition coefficient (Wildman–Crippen LogP) is 2.26. The molecule has 0 bridgehead atoms. The molecule has 0 amide bonds. The molecule has 2 heterocycles. The zero-order valence-electron chi connectivity index (χ0n) is 14.0. The third-order valence-corrected chi connectivity index (χ3v) is 4.36. The Morgan fingerprint density at radius 1 is 1.40 bits per heavy atom. The van der Waals surface area contributed by atoms with Crippen LogP contribution in [-0.4, -0.2) is 43.8 Å². The highest BCUT2D eigenvalue weighted by Gasteiger charge is 2.35. The van der Waals surface area contributed by atoms with E-state index in [1.807, 2.05) is 6.26 Å². The number of nitrogens with zero attached hydrogens (tertiary/aromatic N) is 3. The van der Waals surface area contributed by atoms with Crippen LogP contribution in [0.2, 0.25) is 0 Å². The second kappa shape index (κ2) is 6.67. The normalized spacial score (nSPS) is 16.4. The maximum atomic E-state index is 12.5. The van der Waals surface area contributed by atoms with Crippen molar-refractivity contribution in [1.82, 2.24) is 14.8 Å². The number of carbonyl (C=O) groups excluding carboxylic acids is 1. The fraction of sp³-hybridized carbons (Fsp3) is 0.312. The molecule has 0 radical (unpaired) electrons. The van der Waals surface area contributed by atoms with Gasteiger partial charge in [-0.3, -0.25) is 0 Å². The summed E-state index contributed by atoms with van der Waals surface area (Å²) >= 11 is 1.38. The van der Waals surface area contributed by atoms with E-state index >= 15 is 0 Å². The van der Waals surface area contributed by atoms with Crippen molar-refractivity contribution in [2.24, 2.45) is 0 Å². The smallest absolute Gasteiger partial charge is 0.338 e. The van der Waals surface area contributed by atoms with Gasteiger partial charge < -0.3 is 20.3 Å². The van der Waals surface area contributed by atoms with Crippen molar-refractivity contribution in [3.8, 4) is 11.5 Å². The number of ether oxygens (including phenoxy) is 1. The SMILES string of the molecule is CCOC(=O)C1=C(C)Nc2nc(SC)nn2[C@@H]1c1ccc(O)c(O)c1. The average Bonchev–Trinajstić information content (AvgIpc) is 2.99. The lowest BCUT2D eigenvalue weighted by Gasteiger charge is -2.28. The summed E-state index contributed by atoms with van der Waals surface area (Å²) in [7, 11) is 0. The fourth-order valence-corrected chi connectivity index (χ4v) is 3.06. The molecular formula is C16H18N4O4S. The molecule has 1 aliphatic heterocycles. The zero-order valence-corrected chi connectivity index (χ0v) is 14.8. The number of rotatable bonds is 4. The van der Waals surface area contributed by atoms with E-state index in [0.29, 0.717) is 27.9 Å². The number of hydrogen-bond donors (Lipinski definition) is 3. The first kappa shape index (κ1) is 17.2. The molecule has 1 aliphatic rings. The molecule has 0 unspecified atom stereocenters. The quantitative estimate of drug-likeness (QED) is 0.432. The fourth-order valence-electron chi connectivity index (χ4n) is 2.71. The molecule has 1 atom stereocenters. The topological polar surface area (TPSA) is 110 Å². The Morgan fingerprint density at radius 2 is 2.16 bits per heavy atom. The molecule has 132 valence electrons. The van der Waals surface area contributed by atoms with Crippen LogP contribution in [0.1, 0.15) is 25.5 Å². The van der Waals surface area contributed by atoms with Crippen LogP contribution in [0, 0.1) is 0 Å². The van der Waals surface area contributed by atoms with E-state index in [9.17, 15) is 15.0 Å². The van der Waals surface area contributed by atoms with Gasteiger partial charge in [-0.05, 0) is 37.8 Å². The van der Waals surface area contributed by atoms with Crippen LogP contribution in [0.4, 0.5) is 5.95 Å². The lowest BCUT2D eigenvalue weighted by Crippen LogP contribution is -2.29. The van der Waals surface area contributed by atoms with Crippen LogP contribution in [-0.2, 0) is 9.53 Å². The molecule has 1 aromatic heterocycles. The number of hydrogen-bond acceptors (Lipinski definition) is 8. The number of nitrogens with one attached hydrogen (secondary N) is 1. The van der Waals surface area contributed by atoms with Gasteiger partial charge in [-0.2, -0.15) is 4.98 Å². The van der Waals surface area contributed by atoms with Crippen molar-refractivity contribution >= 4 is 23.7 Å². The summed E-state index contributed by atoms with van der Waals surface area (Å²) in [6, 6.07) is 3.77. The summed E-state index contributed by atoms with van der Waals surface area (Å²) in [5.74, 6) is -0.493. The van der Waals surface area contributed by atoms with Crippen molar-refractivity contribution in [2.75, 3.05) is 18.2 Å². The number of anilines is 1. The number of fused-ring (bicyclic) bond motifs is 1. The van der Waals surface area contributed by atoms with Gasteiger partial charge in [0.1, 0.15) is 6.04 Å². The van der Waals surface area contributed by atoms with Crippen molar-refractivity contribution in [1.29, 1.82) is 0 Å². The van der Waals surface area contributed by atoms with Crippen LogP contribution in [0.5, 0.6) is 11.5 Å². The number of benzene rings is 1. The lowest BCUT2D eigenvalue weighted by molar-refractivity contribution is -0.139. The number of phenols is 2. The Labute approximate surface area is 148 Å². The number of esters is 1. The number of aromatic hydroxyl groups is 2. The molecule has 1 aromatic carbocycles. The average molecular weight is 362 g/mol. The van der Waals surface area contributed by atoms with Gasteiger partial charge in [0.25, 0.3) is 0 Å². The molecule has 25 heavy (non-hydrogen) atoms. The molecule has 3 rings (SSSR count). The van der Waals surface area contributed by atoms with Crippen molar-refractivity contribution in [3.05, 3.63) is 35.0 Å². The third kappa shape index (κ3) is 3.02. The molecule has 0 saturated heterocycles. The van der Waals surface area contributed by atoms with Gasteiger partial charge in [-0.25, -0.2) is 9.48 Å². The van der Waals surface area contributed by atoms with Gasteiger partial charge in [-0.1, -0.05) is 17.8 Å². The summed E-state index contributed by atoms with van der Waals surface area (Å²) in [5, 5.41) is 27.5. The minimum atomic E-state index is -0.629. The molecule has 9 heteroatoms. The minimum absolute atomic E-state index is 0.236. The van der Waals surface area contributed by atoms with Crippen molar-refractivity contribution in [3.63, 3.8) is 0 Å². The zero-order chi connectivity index (χ0) is 18.1. The highest BCUT2D eigenvalue weighted by molar-refractivity contribution is 7.98. The van der Waals surface area contributed by atoms with E-state index in [1.54, 1.807) is 24.6 Å². The van der Waals surface area contributed by atoms with Crippen LogP contribution < -0.4 is 5.32 Å². The number of allylic oxidation sites excluding steroid dienone is 1. The predicted molar refractivity (Wildman–Crippen MR) is 92.7 cm³/mol. The van der Waals surface area contributed by atoms with Gasteiger partial charge in [0.2, 0.25) is 11.1 Å². The number of aromatic nitrogens is 3. The van der Waals surface area contributed by atoms with E-state index in [4.69, 9.17) is 4.74 Å². The Morgan fingerprint density at radius 3 is 2.80 bits per heavy atom. The Hall–Kier alpha value is -2.68.